The first-order valence-electron chi connectivity index (χ1n) is 25.3. The molecule has 11 heteroatoms. The summed E-state index contributed by atoms with van der Waals surface area (Å²) in [6.45, 7) is 5.58. The summed E-state index contributed by atoms with van der Waals surface area (Å²) in [5.74, 6) is 4.03. The van der Waals surface area contributed by atoms with Crippen molar-refractivity contribution in [2.24, 2.45) is 5.41 Å². The first-order chi connectivity index (χ1) is 29.8. The Kier molecular flexibility index (Phi) is 53.3. The lowest BCUT2D eigenvalue weighted by Gasteiger charge is -2.28. The number of aliphatic hydroxyl groups excluding tert-OH is 2. The maximum atomic E-state index is 12.2. The van der Waals surface area contributed by atoms with E-state index in [2.05, 4.69) is 20.8 Å². The van der Waals surface area contributed by atoms with Crippen LogP contribution in [0.4, 0.5) is 0 Å². The lowest BCUT2D eigenvalue weighted by molar-refractivity contribution is -0.158. The second kappa shape index (κ2) is 52.0. The van der Waals surface area contributed by atoms with Crippen LogP contribution in [0.15, 0.2) is 0 Å². The summed E-state index contributed by atoms with van der Waals surface area (Å²) < 4.78 is 10.7. The SMILES string of the molecule is CCCCCCCCCCCCSCCC(=O)O.CCCCCCCCCCCCSCCC(=O)OCC(CO)(CO)COC(=O)CCSCCCCCCCCCCCC. The molecule has 3 N–H and O–H groups in total. The van der Waals surface area contributed by atoms with Gasteiger partial charge in [-0.15, -0.1) is 0 Å². The van der Waals surface area contributed by atoms with Crippen molar-refractivity contribution in [3.8, 4) is 0 Å². The molecule has 0 saturated carbocycles. The Morgan fingerprint density at radius 1 is 0.377 bits per heavy atom. The molecule has 0 bridgehead atoms. The van der Waals surface area contributed by atoms with Gasteiger partial charge in [-0.25, -0.2) is 0 Å². The van der Waals surface area contributed by atoms with Crippen LogP contribution in [-0.2, 0) is 23.9 Å². The van der Waals surface area contributed by atoms with Gasteiger partial charge in [-0.05, 0) is 36.5 Å². The van der Waals surface area contributed by atoms with Gasteiger partial charge in [-0.1, -0.05) is 194 Å². The van der Waals surface area contributed by atoms with Crippen molar-refractivity contribution in [2.75, 3.05) is 60.9 Å². The molecule has 0 heterocycles. The summed E-state index contributed by atoms with van der Waals surface area (Å²) in [6.07, 6.45) is 40.9. The van der Waals surface area contributed by atoms with Crippen molar-refractivity contribution in [1.29, 1.82) is 0 Å². The molecule has 0 spiro atoms. The normalized spacial score (nSPS) is 11.4. The molecule has 0 saturated heterocycles. The number of hydrogen-bond acceptors (Lipinski definition) is 10. The van der Waals surface area contributed by atoms with E-state index in [1.54, 1.807) is 35.3 Å². The lowest BCUT2D eigenvalue weighted by atomic mass is 9.92. The molecule has 0 aliphatic heterocycles. The van der Waals surface area contributed by atoms with Crippen LogP contribution in [0.5, 0.6) is 0 Å². The van der Waals surface area contributed by atoms with Crippen LogP contribution in [0.3, 0.4) is 0 Å². The summed E-state index contributed by atoms with van der Waals surface area (Å²) in [5.41, 5.74) is -1.17. The van der Waals surface area contributed by atoms with Crippen LogP contribution in [0.2, 0.25) is 0 Å². The molecule has 0 fully saturated rings. The van der Waals surface area contributed by atoms with Crippen LogP contribution in [0, 0.1) is 5.41 Å². The van der Waals surface area contributed by atoms with E-state index in [9.17, 15) is 24.6 Å². The van der Waals surface area contributed by atoms with Crippen LogP contribution in [-0.4, -0.2) is 94.2 Å². The zero-order valence-corrected chi connectivity index (χ0v) is 42.5. The molecule has 0 aliphatic carbocycles. The van der Waals surface area contributed by atoms with Crippen LogP contribution in [0.25, 0.3) is 0 Å². The Bertz CT molecular complexity index is 873. The highest BCUT2D eigenvalue weighted by Gasteiger charge is 2.33. The van der Waals surface area contributed by atoms with Crippen LogP contribution in [0.1, 0.15) is 233 Å². The van der Waals surface area contributed by atoms with Gasteiger partial charge in [-0.2, -0.15) is 35.3 Å². The Labute approximate surface area is 389 Å². The molecule has 0 aromatic rings. The molecule has 0 radical (unpaired) electrons. The summed E-state index contributed by atoms with van der Waals surface area (Å²) in [5, 5.41) is 28.2. The highest BCUT2D eigenvalue weighted by atomic mass is 32.2. The fraction of sp³-hybridized carbons (Fsp3) is 0.940. The number of ether oxygens (including phenoxy) is 2. The molecule has 0 amide bonds. The minimum Gasteiger partial charge on any atom is -0.481 e. The van der Waals surface area contributed by atoms with E-state index in [1.165, 1.54) is 193 Å². The topological polar surface area (TPSA) is 130 Å². The number of hydrogen-bond donors (Lipinski definition) is 3. The second-order valence-electron chi connectivity index (χ2n) is 17.2. The molecule has 0 aliphatic rings. The van der Waals surface area contributed by atoms with E-state index in [1.807, 2.05) is 0 Å². The summed E-state index contributed by atoms with van der Waals surface area (Å²) in [4.78, 5) is 34.7. The standard InChI is InChI=1S/C35H68O6S2.C15H30O2S/c1-3-5-7-9-11-13-15-17-19-21-25-42-27-23-33(38)40-31-35(29-36,30-37)32-41-34(39)24-28-43-26-22-20-18-16-14-12-10-8-6-4-2;1-2-3-4-5-6-7-8-9-10-11-13-18-14-12-15(16)17/h36-37H,3-32H2,1-2H3;2-14H2,1H3,(H,16,17). The van der Waals surface area contributed by atoms with E-state index in [0.717, 1.165) is 23.0 Å². The Morgan fingerprint density at radius 3 is 0.869 bits per heavy atom. The highest BCUT2D eigenvalue weighted by Crippen LogP contribution is 2.20. The van der Waals surface area contributed by atoms with Gasteiger partial charge in [0.05, 0.1) is 37.9 Å². The average Bonchev–Trinajstić information content (AvgIpc) is 3.26. The van der Waals surface area contributed by atoms with E-state index in [-0.39, 0.29) is 25.2 Å². The fourth-order valence-corrected chi connectivity index (χ4v) is 9.52. The molecule has 0 rings (SSSR count). The van der Waals surface area contributed by atoms with Gasteiger partial charge in [0.1, 0.15) is 13.2 Å². The van der Waals surface area contributed by atoms with E-state index in [4.69, 9.17) is 14.6 Å². The van der Waals surface area contributed by atoms with Gasteiger partial charge < -0.3 is 24.8 Å². The number of unbranched alkanes of at least 4 members (excludes halogenated alkanes) is 27. The Hall–Kier alpha value is -0.620. The molecule has 0 unspecified atom stereocenters. The van der Waals surface area contributed by atoms with E-state index in [0.29, 0.717) is 30.8 Å². The first-order valence-corrected chi connectivity index (χ1v) is 28.7. The largest absolute Gasteiger partial charge is 0.481 e. The highest BCUT2D eigenvalue weighted by molar-refractivity contribution is 7.99. The number of carboxylic acid groups (broad SMARTS) is 1. The molecule has 0 aromatic heterocycles. The molecule has 61 heavy (non-hydrogen) atoms. The van der Waals surface area contributed by atoms with Crippen molar-refractivity contribution >= 4 is 53.2 Å². The lowest BCUT2D eigenvalue weighted by Crippen LogP contribution is -2.41. The molecular formula is C50H98O8S3. The average molecular weight is 924 g/mol. The summed E-state index contributed by atoms with van der Waals surface area (Å²) >= 11 is 5.31. The van der Waals surface area contributed by atoms with Gasteiger partial charge in [0.25, 0.3) is 0 Å². The summed E-state index contributed by atoms with van der Waals surface area (Å²) in [6, 6.07) is 0. The first kappa shape index (κ1) is 62.5. The number of aliphatic hydroxyl groups is 2. The van der Waals surface area contributed by atoms with E-state index >= 15 is 0 Å². The van der Waals surface area contributed by atoms with Crippen molar-refractivity contribution in [3.63, 3.8) is 0 Å². The number of carbonyl (C=O) groups is 3. The Morgan fingerprint density at radius 2 is 0.623 bits per heavy atom. The van der Waals surface area contributed by atoms with Crippen LogP contribution >= 0.6 is 35.3 Å². The van der Waals surface area contributed by atoms with Gasteiger partial charge in [-0.3, -0.25) is 14.4 Å². The smallest absolute Gasteiger partial charge is 0.306 e. The minimum atomic E-state index is -1.17. The predicted octanol–water partition coefficient (Wildman–Crippen LogP) is 14.2. The van der Waals surface area contributed by atoms with Gasteiger partial charge in [0.2, 0.25) is 0 Å². The maximum absolute atomic E-state index is 12.2. The number of carbonyl (C=O) groups excluding carboxylic acids is 2. The number of carboxylic acids is 1. The third kappa shape index (κ3) is 50.2. The molecule has 364 valence electrons. The van der Waals surface area contributed by atoms with Crippen molar-refractivity contribution < 1.29 is 39.2 Å². The summed E-state index contributed by atoms with van der Waals surface area (Å²) in [7, 11) is 0. The Balaban J connectivity index is 0. The zero-order valence-electron chi connectivity index (χ0n) is 40.0. The molecule has 8 nitrogen and oxygen atoms in total. The van der Waals surface area contributed by atoms with Gasteiger partial charge in [0, 0.05) is 17.3 Å². The second-order valence-corrected chi connectivity index (χ2v) is 20.8. The number of aliphatic carboxylic acids is 1. The third-order valence-corrected chi connectivity index (χ3v) is 14.2. The number of thioether (sulfide) groups is 3. The van der Waals surface area contributed by atoms with Gasteiger partial charge in [0.15, 0.2) is 0 Å². The van der Waals surface area contributed by atoms with Crippen molar-refractivity contribution in [1.82, 2.24) is 0 Å². The van der Waals surface area contributed by atoms with Crippen molar-refractivity contribution in [2.45, 2.75) is 233 Å². The molecule has 0 aromatic carbocycles. The van der Waals surface area contributed by atoms with Crippen molar-refractivity contribution in [3.05, 3.63) is 0 Å². The quantitative estimate of drug-likeness (QED) is 0.0398. The minimum absolute atomic E-state index is 0.164. The fourth-order valence-electron chi connectivity index (χ4n) is 6.74. The van der Waals surface area contributed by atoms with Crippen LogP contribution < -0.4 is 0 Å². The van der Waals surface area contributed by atoms with E-state index < -0.39 is 24.6 Å². The zero-order chi connectivity index (χ0) is 45.2. The monoisotopic (exact) mass is 923 g/mol. The molecule has 0 atom stereocenters. The number of rotatable bonds is 48. The maximum Gasteiger partial charge on any atom is 0.306 e. The van der Waals surface area contributed by atoms with Gasteiger partial charge >= 0.3 is 17.9 Å². The molecular weight excluding hydrogens is 825 g/mol. The predicted molar refractivity (Wildman–Crippen MR) is 268 cm³/mol. The number of esters is 2. The third-order valence-electron chi connectivity index (χ3n) is 11.0.